The minimum atomic E-state index is -0.308. The minimum absolute atomic E-state index is 0.224. The molecule has 0 atom stereocenters. The zero-order chi connectivity index (χ0) is 17.5. The third kappa shape index (κ3) is 3.93. The van der Waals surface area contributed by atoms with Crippen molar-refractivity contribution in [2.45, 2.75) is 20.5 Å². The van der Waals surface area contributed by atoms with E-state index in [1.54, 1.807) is 7.05 Å². The van der Waals surface area contributed by atoms with Crippen LogP contribution in [0.5, 0.6) is 5.75 Å². The van der Waals surface area contributed by atoms with Crippen LogP contribution in [0.4, 0.5) is 0 Å². The summed E-state index contributed by atoms with van der Waals surface area (Å²) in [5, 5.41) is 6.44. The normalized spacial score (nSPS) is 11.1. The maximum Gasteiger partial charge on any atom is 0.273 e. The quantitative estimate of drug-likeness (QED) is 0.656. The van der Waals surface area contributed by atoms with Crippen molar-refractivity contribution in [1.29, 1.82) is 0 Å². The molecule has 0 radical (unpaired) electrons. The average Bonchev–Trinajstić information content (AvgIpc) is 2.60. The average molecular weight is 326 g/mol. The highest BCUT2D eigenvalue weighted by Crippen LogP contribution is 2.27. The van der Waals surface area contributed by atoms with E-state index in [1.807, 2.05) is 56.3 Å². The van der Waals surface area contributed by atoms with Crippen LogP contribution in [0.3, 0.4) is 0 Å². The molecule has 0 aliphatic heterocycles. The molecule has 1 N–H and O–H groups in total. The van der Waals surface area contributed by atoms with E-state index in [2.05, 4.69) is 10.5 Å². The summed E-state index contributed by atoms with van der Waals surface area (Å²) in [6.45, 7) is 4.35. The van der Waals surface area contributed by atoms with Gasteiger partial charge in [0, 0.05) is 18.2 Å². The molecule has 126 valence electrons. The van der Waals surface area contributed by atoms with Crippen molar-refractivity contribution < 1.29 is 14.4 Å². The van der Waals surface area contributed by atoms with E-state index in [0.717, 1.165) is 22.4 Å². The summed E-state index contributed by atoms with van der Waals surface area (Å²) in [7, 11) is 2.98. The number of nitrogens with one attached hydrogen (secondary N) is 1. The topological polar surface area (TPSA) is 59.9 Å². The van der Waals surface area contributed by atoms with E-state index in [9.17, 15) is 4.79 Å². The van der Waals surface area contributed by atoms with Gasteiger partial charge in [-0.3, -0.25) is 4.79 Å². The first-order chi connectivity index (χ1) is 11.6. The fraction of sp³-hybridized carbons (Fsp3) is 0.263. The molecule has 0 saturated heterocycles. The lowest BCUT2D eigenvalue weighted by molar-refractivity contribution is -0.114. The lowest BCUT2D eigenvalue weighted by atomic mass is 9.99. The van der Waals surface area contributed by atoms with E-state index in [0.29, 0.717) is 12.2 Å². The van der Waals surface area contributed by atoms with E-state index in [1.165, 1.54) is 7.11 Å². The third-order valence-corrected chi connectivity index (χ3v) is 3.71. The first-order valence-electron chi connectivity index (χ1n) is 7.69. The van der Waals surface area contributed by atoms with Crippen LogP contribution in [0.2, 0.25) is 0 Å². The van der Waals surface area contributed by atoms with Crippen molar-refractivity contribution in [1.82, 2.24) is 5.32 Å². The number of hydrogen-bond donors (Lipinski definition) is 1. The van der Waals surface area contributed by atoms with Crippen LogP contribution >= 0.6 is 0 Å². The van der Waals surface area contributed by atoms with E-state index < -0.39 is 0 Å². The van der Waals surface area contributed by atoms with Gasteiger partial charge in [-0.05, 0) is 25.0 Å². The summed E-state index contributed by atoms with van der Waals surface area (Å²) in [4.78, 5) is 16.9. The van der Waals surface area contributed by atoms with Crippen LogP contribution in [0.25, 0.3) is 0 Å². The molecule has 0 unspecified atom stereocenters. The van der Waals surface area contributed by atoms with Crippen LogP contribution < -0.4 is 10.1 Å². The van der Waals surface area contributed by atoms with Crippen LogP contribution in [0, 0.1) is 13.8 Å². The number of nitrogens with zero attached hydrogens (tertiary/aromatic N) is 1. The Hall–Kier alpha value is -2.82. The zero-order valence-electron chi connectivity index (χ0n) is 14.4. The molecule has 0 saturated carbocycles. The summed E-state index contributed by atoms with van der Waals surface area (Å²) in [6.07, 6.45) is 0. The molecule has 5 heteroatoms. The number of amides is 1. The van der Waals surface area contributed by atoms with Gasteiger partial charge in [-0.15, -0.1) is 0 Å². The Bertz CT molecular complexity index is 740. The molecule has 0 heterocycles. The van der Waals surface area contributed by atoms with Crippen molar-refractivity contribution in [2.75, 3.05) is 14.2 Å². The van der Waals surface area contributed by atoms with Gasteiger partial charge in [0.2, 0.25) is 0 Å². The fourth-order valence-electron chi connectivity index (χ4n) is 2.46. The summed E-state index contributed by atoms with van der Waals surface area (Å²) >= 11 is 0. The smallest absolute Gasteiger partial charge is 0.273 e. The Morgan fingerprint density at radius 2 is 1.83 bits per heavy atom. The van der Waals surface area contributed by atoms with Gasteiger partial charge < -0.3 is 14.9 Å². The SMILES string of the molecule is CNC(=O)C(=NOC)c1ccc(C)c(OCc2ccccc2)c1C. The summed E-state index contributed by atoms with van der Waals surface area (Å²) in [5.74, 6) is 0.446. The molecule has 0 spiro atoms. The van der Waals surface area contributed by atoms with Gasteiger partial charge in [-0.25, -0.2) is 0 Å². The van der Waals surface area contributed by atoms with Gasteiger partial charge in [-0.1, -0.05) is 47.6 Å². The summed E-state index contributed by atoms with van der Waals surface area (Å²) < 4.78 is 6.01. The number of hydrogen-bond acceptors (Lipinski definition) is 4. The number of carbonyl (C=O) groups is 1. The molecule has 0 fully saturated rings. The van der Waals surface area contributed by atoms with Gasteiger partial charge in [0.25, 0.3) is 5.91 Å². The van der Waals surface area contributed by atoms with Crippen LogP contribution in [0.1, 0.15) is 22.3 Å². The summed E-state index contributed by atoms with van der Waals surface area (Å²) in [5.41, 5.74) is 3.84. The number of benzene rings is 2. The molecule has 0 aliphatic carbocycles. The van der Waals surface area contributed by atoms with Crippen molar-refractivity contribution in [3.63, 3.8) is 0 Å². The highest BCUT2D eigenvalue weighted by molar-refractivity contribution is 6.45. The van der Waals surface area contributed by atoms with Gasteiger partial charge in [0.15, 0.2) is 5.71 Å². The third-order valence-electron chi connectivity index (χ3n) is 3.71. The number of oxime groups is 1. The van der Waals surface area contributed by atoms with Gasteiger partial charge in [-0.2, -0.15) is 0 Å². The first-order valence-corrected chi connectivity index (χ1v) is 7.69. The number of ether oxygens (including phenoxy) is 1. The van der Waals surface area contributed by atoms with Crippen molar-refractivity contribution in [3.05, 3.63) is 64.7 Å². The molecule has 1 amide bonds. The van der Waals surface area contributed by atoms with Crippen molar-refractivity contribution >= 4 is 11.6 Å². The summed E-state index contributed by atoms with van der Waals surface area (Å²) in [6, 6.07) is 13.7. The molecular weight excluding hydrogens is 304 g/mol. The Morgan fingerprint density at radius 1 is 1.12 bits per heavy atom. The molecular formula is C19H22N2O3. The Balaban J connectivity index is 2.36. The van der Waals surface area contributed by atoms with Crippen LogP contribution in [0.15, 0.2) is 47.6 Å². The Labute approximate surface area is 142 Å². The number of likely N-dealkylation sites (N-methyl/N-ethyl adjacent to an activating group) is 1. The van der Waals surface area contributed by atoms with Crippen LogP contribution in [-0.4, -0.2) is 25.8 Å². The van der Waals surface area contributed by atoms with E-state index in [-0.39, 0.29) is 11.6 Å². The van der Waals surface area contributed by atoms with E-state index >= 15 is 0 Å². The fourth-order valence-corrected chi connectivity index (χ4v) is 2.46. The van der Waals surface area contributed by atoms with Gasteiger partial charge in [0.1, 0.15) is 19.5 Å². The number of aryl methyl sites for hydroxylation is 1. The maximum atomic E-state index is 12.1. The standard InChI is InChI=1S/C19H22N2O3/c1-13-10-11-16(17(21-23-4)19(22)20-3)14(2)18(13)24-12-15-8-6-5-7-9-15/h5-11H,12H2,1-4H3,(H,20,22). The Kier molecular flexibility index (Phi) is 5.95. The predicted molar refractivity (Wildman–Crippen MR) is 94.3 cm³/mol. The lowest BCUT2D eigenvalue weighted by Crippen LogP contribution is -2.29. The molecule has 0 aliphatic rings. The van der Waals surface area contributed by atoms with Gasteiger partial charge >= 0.3 is 0 Å². The van der Waals surface area contributed by atoms with Crippen LogP contribution in [-0.2, 0) is 16.2 Å². The molecule has 2 rings (SSSR count). The monoisotopic (exact) mass is 326 g/mol. The molecule has 0 bridgehead atoms. The van der Waals surface area contributed by atoms with Crippen molar-refractivity contribution in [2.24, 2.45) is 5.16 Å². The second-order valence-corrected chi connectivity index (χ2v) is 5.36. The molecule has 0 aromatic heterocycles. The molecule has 5 nitrogen and oxygen atoms in total. The molecule has 2 aromatic rings. The zero-order valence-corrected chi connectivity index (χ0v) is 14.4. The first kappa shape index (κ1) is 17.5. The largest absolute Gasteiger partial charge is 0.488 e. The Morgan fingerprint density at radius 3 is 2.46 bits per heavy atom. The van der Waals surface area contributed by atoms with E-state index in [4.69, 9.17) is 9.57 Å². The second kappa shape index (κ2) is 8.15. The number of carbonyl (C=O) groups excluding carboxylic acids is 1. The highest BCUT2D eigenvalue weighted by Gasteiger charge is 2.19. The molecule has 24 heavy (non-hydrogen) atoms. The molecule has 2 aromatic carbocycles. The lowest BCUT2D eigenvalue weighted by Gasteiger charge is -2.16. The predicted octanol–water partition coefficient (Wildman–Crippen LogP) is 2.98. The number of rotatable bonds is 6. The van der Waals surface area contributed by atoms with Crippen molar-refractivity contribution in [3.8, 4) is 5.75 Å². The minimum Gasteiger partial charge on any atom is -0.488 e. The van der Waals surface area contributed by atoms with Gasteiger partial charge in [0.05, 0.1) is 0 Å². The second-order valence-electron chi connectivity index (χ2n) is 5.36. The highest BCUT2D eigenvalue weighted by atomic mass is 16.6. The maximum absolute atomic E-state index is 12.1.